The minimum absolute atomic E-state index is 0.311. The molecule has 2 atom stereocenters. The van der Waals surface area contributed by atoms with Crippen LogP contribution in [0.25, 0.3) is 0 Å². The predicted octanol–water partition coefficient (Wildman–Crippen LogP) is 3.25. The molecule has 0 saturated heterocycles. The fourth-order valence-corrected chi connectivity index (χ4v) is 2.19. The van der Waals surface area contributed by atoms with Crippen molar-refractivity contribution in [2.24, 2.45) is 11.7 Å². The Hall–Kier alpha value is -0.380. The number of aliphatic hydroxyl groups excluding tert-OH is 1. The summed E-state index contributed by atoms with van der Waals surface area (Å²) in [6, 6.07) is 7.47. The van der Waals surface area contributed by atoms with Crippen molar-refractivity contribution in [1.82, 2.24) is 0 Å². The third-order valence-corrected chi connectivity index (χ3v) is 3.44. The number of nitrogens with two attached hydrogens (primary N) is 1. The summed E-state index contributed by atoms with van der Waals surface area (Å²) in [4.78, 5) is 0. The van der Waals surface area contributed by atoms with Crippen LogP contribution >= 0.6 is 15.9 Å². The third kappa shape index (κ3) is 3.89. The van der Waals surface area contributed by atoms with Crippen LogP contribution in [0.4, 0.5) is 0 Å². The third-order valence-electron chi connectivity index (χ3n) is 2.72. The molecule has 0 spiro atoms. The van der Waals surface area contributed by atoms with Gasteiger partial charge in [-0.2, -0.15) is 0 Å². The van der Waals surface area contributed by atoms with Gasteiger partial charge in [0.2, 0.25) is 0 Å². The van der Waals surface area contributed by atoms with E-state index in [-0.39, 0.29) is 6.04 Å². The number of aliphatic hydroxyl groups is 1. The number of rotatable bonds is 5. The summed E-state index contributed by atoms with van der Waals surface area (Å²) in [5.74, 6) is 0.598. The van der Waals surface area contributed by atoms with Crippen LogP contribution in [0.3, 0.4) is 0 Å². The van der Waals surface area contributed by atoms with Crippen LogP contribution < -0.4 is 5.73 Å². The maximum absolute atomic E-state index is 10.00. The molecule has 3 N–H and O–H groups in total. The lowest BCUT2D eigenvalue weighted by Gasteiger charge is -2.21. The fraction of sp³-hybridized carbons (Fsp3) is 0.538. The van der Waals surface area contributed by atoms with Gasteiger partial charge in [0.05, 0.1) is 12.1 Å². The molecule has 0 amide bonds. The van der Waals surface area contributed by atoms with E-state index in [4.69, 9.17) is 5.73 Å². The Balaban J connectivity index is 2.63. The molecule has 0 saturated carbocycles. The van der Waals surface area contributed by atoms with E-state index in [1.54, 1.807) is 0 Å². The maximum atomic E-state index is 10.00. The van der Waals surface area contributed by atoms with Gasteiger partial charge >= 0.3 is 0 Å². The van der Waals surface area contributed by atoms with Gasteiger partial charge in [-0.25, -0.2) is 0 Å². The van der Waals surface area contributed by atoms with Crippen molar-refractivity contribution in [3.05, 3.63) is 34.3 Å². The summed E-state index contributed by atoms with van der Waals surface area (Å²) in [7, 11) is 0. The van der Waals surface area contributed by atoms with Gasteiger partial charge in [-0.15, -0.1) is 0 Å². The lowest BCUT2D eigenvalue weighted by molar-refractivity contribution is 0.128. The molecule has 0 aromatic heterocycles. The number of hydrogen-bond acceptors (Lipinski definition) is 2. The molecule has 2 nitrogen and oxygen atoms in total. The smallest absolute Gasteiger partial charge is 0.0733 e. The largest absolute Gasteiger partial charge is 0.391 e. The number of benzene rings is 1. The summed E-state index contributed by atoms with van der Waals surface area (Å²) in [6.07, 6.45) is 1.28. The van der Waals surface area contributed by atoms with Gasteiger partial charge in [-0.1, -0.05) is 48.0 Å². The SMILES string of the molecule is CC(C)CC[C@@H](O)[C@@H](N)c1ccccc1Br. The zero-order valence-electron chi connectivity index (χ0n) is 9.86. The first-order valence-corrected chi connectivity index (χ1v) is 6.49. The minimum atomic E-state index is -0.471. The van der Waals surface area contributed by atoms with Crippen molar-refractivity contribution < 1.29 is 5.11 Å². The van der Waals surface area contributed by atoms with Crippen molar-refractivity contribution in [1.29, 1.82) is 0 Å². The van der Waals surface area contributed by atoms with Gasteiger partial charge < -0.3 is 10.8 Å². The highest BCUT2D eigenvalue weighted by molar-refractivity contribution is 9.10. The molecule has 3 heteroatoms. The monoisotopic (exact) mass is 285 g/mol. The molecule has 0 heterocycles. The van der Waals surface area contributed by atoms with E-state index >= 15 is 0 Å². The van der Waals surface area contributed by atoms with Crippen LogP contribution in [-0.2, 0) is 0 Å². The Kier molecular flexibility index (Phi) is 5.46. The Bertz CT molecular complexity index is 327. The van der Waals surface area contributed by atoms with E-state index in [2.05, 4.69) is 29.8 Å². The van der Waals surface area contributed by atoms with E-state index < -0.39 is 6.10 Å². The average molecular weight is 286 g/mol. The molecule has 1 aromatic rings. The molecule has 0 fully saturated rings. The molecule has 90 valence electrons. The quantitative estimate of drug-likeness (QED) is 0.872. The highest BCUT2D eigenvalue weighted by Gasteiger charge is 2.18. The van der Waals surface area contributed by atoms with Crippen molar-refractivity contribution in [2.75, 3.05) is 0 Å². The Labute approximate surface area is 106 Å². The second-order valence-electron chi connectivity index (χ2n) is 4.59. The Morgan fingerprint density at radius 1 is 1.25 bits per heavy atom. The molecular formula is C13H20BrNO. The van der Waals surface area contributed by atoms with Crippen molar-refractivity contribution in [3.8, 4) is 0 Å². The van der Waals surface area contributed by atoms with Gasteiger partial charge in [-0.05, 0) is 30.4 Å². The summed E-state index contributed by atoms with van der Waals surface area (Å²) in [6.45, 7) is 4.30. The molecule has 16 heavy (non-hydrogen) atoms. The first-order valence-electron chi connectivity index (χ1n) is 5.70. The van der Waals surface area contributed by atoms with Crippen LogP contribution in [0.1, 0.15) is 38.3 Å². The summed E-state index contributed by atoms with van der Waals surface area (Å²) in [5, 5.41) is 10.00. The summed E-state index contributed by atoms with van der Waals surface area (Å²) in [5.41, 5.74) is 7.02. The van der Waals surface area contributed by atoms with Gasteiger partial charge in [0, 0.05) is 4.47 Å². The fourth-order valence-electron chi connectivity index (χ4n) is 1.64. The van der Waals surface area contributed by atoms with Crippen LogP contribution in [0, 0.1) is 5.92 Å². The molecule has 1 rings (SSSR count). The summed E-state index contributed by atoms with van der Waals surface area (Å²) >= 11 is 3.45. The highest BCUT2D eigenvalue weighted by Crippen LogP contribution is 2.25. The normalized spacial score (nSPS) is 15.1. The molecule has 0 aliphatic carbocycles. The van der Waals surface area contributed by atoms with Crippen molar-refractivity contribution in [3.63, 3.8) is 0 Å². The first-order chi connectivity index (χ1) is 7.52. The number of hydrogen-bond donors (Lipinski definition) is 2. The predicted molar refractivity (Wildman–Crippen MR) is 71.1 cm³/mol. The van der Waals surface area contributed by atoms with Crippen LogP contribution in [-0.4, -0.2) is 11.2 Å². The van der Waals surface area contributed by atoms with Gasteiger partial charge in [0.1, 0.15) is 0 Å². The molecule has 0 bridgehead atoms. The van der Waals surface area contributed by atoms with E-state index in [0.29, 0.717) is 5.92 Å². The topological polar surface area (TPSA) is 46.2 Å². The summed E-state index contributed by atoms with van der Waals surface area (Å²) < 4.78 is 0.964. The van der Waals surface area contributed by atoms with E-state index in [0.717, 1.165) is 22.9 Å². The van der Waals surface area contributed by atoms with Crippen LogP contribution in [0.2, 0.25) is 0 Å². The highest BCUT2D eigenvalue weighted by atomic mass is 79.9. The molecule has 0 unspecified atom stereocenters. The Morgan fingerprint density at radius 2 is 1.88 bits per heavy atom. The lowest BCUT2D eigenvalue weighted by atomic mass is 9.96. The lowest BCUT2D eigenvalue weighted by Crippen LogP contribution is -2.26. The van der Waals surface area contributed by atoms with E-state index in [9.17, 15) is 5.11 Å². The zero-order valence-corrected chi connectivity index (χ0v) is 11.4. The van der Waals surface area contributed by atoms with Crippen LogP contribution in [0.15, 0.2) is 28.7 Å². The molecular weight excluding hydrogens is 266 g/mol. The van der Waals surface area contributed by atoms with Gasteiger partial charge in [0.25, 0.3) is 0 Å². The van der Waals surface area contributed by atoms with Crippen LogP contribution in [0.5, 0.6) is 0 Å². The zero-order chi connectivity index (χ0) is 12.1. The van der Waals surface area contributed by atoms with Crippen molar-refractivity contribution in [2.45, 2.75) is 38.8 Å². The second kappa shape index (κ2) is 6.38. The molecule has 0 radical (unpaired) electrons. The second-order valence-corrected chi connectivity index (χ2v) is 5.44. The minimum Gasteiger partial charge on any atom is -0.391 e. The first kappa shape index (κ1) is 13.7. The van der Waals surface area contributed by atoms with E-state index in [1.807, 2.05) is 24.3 Å². The van der Waals surface area contributed by atoms with Gasteiger partial charge in [-0.3, -0.25) is 0 Å². The number of halogens is 1. The molecule has 0 aliphatic rings. The molecule has 0 aliphatic heterocycles. The van der Waals surface area contributed by atoms with E-state index in [1.165, 1.54) is 0 Å². The average Bonchev–Trinajstić information content (AvgIpc) is 2.25. The Morgan fingerprint density at radius 3 is 2.44 bits per heavy atom. The maximum Gasteiger partial charge on any atom is 0.0733 e. The standard InChI is InChI=1S/C13H20BrNO/c1-9(2)7-8-12(16)13(15)10-5-3-4-6-11(10)14/h3-6,9,12-13,16H,7-8,15H2,1-2H3/t12-,13+/m1/s1. The molecule has 1 aromatic carbocycles. The van der Waals surface area contributed by atoms with Gasteiger partial charge in [0.15, 0.2) is 0 Å². The van der Waals surface area contributed by atoms with Crippen molar-refractivity contribution >= 4 is 15.9 Å².